The molecular formula is C21H23FN4O. The number of hydrogen-bond donors (Lipinski definition) is 1. The Labute approximate surface area is 157 Å². The van der Waals surface area contributed by atoms with Crippen LogP contribution in [0.3, 0.4) is 0 Å². The van der Waals surface area contributed by atoms with Gasteiger partial charge in [-0.25, -0.2) is 4.39 Å². The standard InChI is InChI=1S/C21H23FN4O/c1-3-8-26-13-19(14(2)24-26)21(27)25-9-6-15(7-10-25)18-12-23-20-11-16(22)4-5-17(18)20/h4-6,9,11-13,15,23H,3,7-8,10H2,1-2H3. The monoisotopic (exact) mass is 366 g/mol. The van der Waals surface area contributed by atoms with E-state index in [1.165, 1.54) is 12.1 Å². The summed E-state index contributed by atoms with van der Waals surface area (Å²) >= 11 is 0. The van der Waals surface area contributed by atoms with Gasteiger partial charge in [0, 0.05) is 48.5 Å². The smallest absolute Gasteiger partial charge is 0.261 e. The van der Waals surface area contributed by atoms with Crippen LogP contribution in [0, 0.1) is 12.7 Å². The highest BCUT2D eigenvalue weighted by atomic mass is 19.1. The van der Waals surface area contributed by atoms with Crippen molar-refractivity contribution in [2.24, 2.45) is 0 Å². The van der Waals surface area contributed by atoms with Crippen molar-refractivity contribution in [3.05, 3.63) is 65.5 Å². The predicted octanol–water partition coefficient (Wildman–Crippen LogP) is 4.37. The lowest BCUT2D eigenvalue weighted by molar-refractivity contribution is 0.0812. The maximum Gasteiger partial charge on any atom is 0.261 e. The van der Waals surface area contributed by atoms with E-state index in [4.69, 9.17) is 0 Å². The summed E-state index contributed by atoms with van der Waals surface area (Å²) in [5, 5.41) is 5.45. The molecule has 0 bridgehead atoms. The van der Waals surface area contributed by atoms with Gasteiger partial charge in [-0.15, -0.1) is 0 Å². The van der Waals surface area contributed by atoms with Crippen molar-refractivity contribution >= 4 is 16.8 Å². The molecule has 6 heteroatoms. The van der Waals surface area contributed by atoms with Crippen molar-refractivity contribution < 1.29 is 9.18 Å². The highest BCUT2D eigenvalue weighted by Crippen LogP contribution is 2.32. The average Bonchev–Trinajstić information content (AvgIpc) is 3.24. The highest BCUT2D eigenvalue weighted by Gasteiger charge is 2.24. The van der Waals surface area contributed by atoms with Crippen LogP contribution in [0.15, 0.2) is 42.9 Å². The van der Waals surface area contributed by atoms with Gasteiger partial charge in [0.25, 0.3) is 5.91 Å². The molecule has 3 heterocycles. The Morgan fingerprint density at radius 3 is 3.00 bits per heavy atom. The number of aromatic amines is 1. The van der Waals surface area contributed by atoms with E-state index in [0.29, 0.717) is 12.1 Å². The second kappa shape index (κ2) is 7.02. The van der Waals surface area contributed by atoms with Crippen molar-refractivity contribution in [2.45, 2.75) is 39.2 Å². The van der Waals surface area contributed by atoms with E-state index in [0.717, 1.165) is 41.5 Å². The molecule has 0 radical (unpaired) electrons. The molecule has 4 rings (SSSR count). The summed E-state index contributed by atoms with van der Waals surface area (Å²) < 4.78 is 15.2. The zero-order valence-electron chi connectivity index (χ0n) is 15.6. The number of benzene rings is 1. The topological polar surface area (TPSA) is 53.9 Å². The fraction of sp³-hybridized carbons (Fsp3) is 0.333. The van der Waals surface area contributed by atoms with Crippen molar-refractivity contribution in [3.63, 3.8) is 0 Å². The van der Waals surface area contributed by atoms with Crippen LogP contribution in [0.4, 0.5) is 4.39 Å². The second-order valence-electron chi connectivity index (χ2n) is 7.06. The number of fused-ring (bicyclic) bond motifs is 1. The Morgan fingerprint density at radius 2 is 2.26 bits per heavy atom. The number of H-pyrrole nitrogens is 1. The quantitative estimate of drug-likeness (QED) is 0.746. The van der Waals surface area contributed by atoms with E-state index >= 15 is 0 Å². The van der Waals surface area contributed by atoms with E-state index in [2.05, 4.69) is 23.1 Å². The molecule has 0 spiro atoms. The maximum absolute atomic E-state index is 13.4. The number of aromatic nitrogens is 3. The van der Waals surface area contributed by atoms with Crippen molar-refractivity contribution in [2.75, 3.05) is 6.54 Å². The predicted molar refractivity (Wildman–Crippen MR) is 103 cm³/mol. The number of halogens is 1. The Bertz CT molecular complexity index is 1020. The summed E-state index contributed by atoms with van der Waals surface area (Å²) in [6.07, 6.45) is 9.52. The molecule has 3 aromatic rings. The number of nitrogens with zero attached hydrogens (tertiary/aromatic N) is 3. The Morgan fingerprint density at radius 1 is 1.41 bits per heavy atom. The lowest BCUT2D eigenvalue weighted by atomic mass is 9.93. The van der Waals surface area contributed by atoms with Crippen LogP contribution >= 0.6 is 0 Å². The third-order valence-electron chi connectivity index (χ3n) is 5.14. The molecule has 1 aliphatic rings. The van der Waals surface area contributed by atoms with Crippen LogP contribution in [0.2, 0.25) is 0 Å². The van der Waals surface area contributed by atoms with E-state index in [9.17, 15) is 9.18 Å². The third-order valence-corrected chi connectivity index (χ3v) is 5.14. The first-order valence-electron chi connectivity index (χ1n) is 9.36. The minimum absolute atomic E-state index is 0.00875. The molecule has 140 valence electrons. The summed E-state index contributed by atoms with van der Waals surface area (Å²) in [7, 11) is 0. The van der Waals surface area contributed by atoms with Gasteiger partial charge in [0.1, 0.15) is 5.82 Å². The van der Waals surface area contributed by atoms with Crippen molar-refractivity contribution in [3.8, 4) is 0 Å². The van der Waals surface area contributed by atoms with Crippen LogP contribution in [-0.2, 0) is 6.54 Å². The van der Waals surface area contributed by atoms with Gasteiger partial charge in [-0.3, -0.25) is 9.48 Å². The van der Waals surface area contributed by atoms with Gasteiger partial charge in [0.15, 0.2) is 0 Å². The van der Waals surface area contributed by atoms with Crippen LogP contribution < -0.4 is 0 Å². The molecule has 1 atom stereocenters. The Kier molecular flexibility index (Phi) is 4.56. The lowest BCUT2D eigenvalue weighted by Gasteiger charge is -2.26. The van der Waals surface area contributed by atoms with E-state index in [-0.39, 0.29) is 17.6 Å². The van der Waals surface area contributed by atoms with Gasteiger partial charge in [0.2, 0.25) is 0 Å². The maximum atomic E-state index is 13.4. The highest BCUT2D eigenvalue weighted by molar-refractivity contribution is 5.95. The first-order chi connectivity index (χ1) is 13.1. The molecular weight excluding hydrogens is 343 g/mol. The molecule has 2 aromatic heterocycles. The number of nitrogens with one attached hydrogen (secondary N) is 1. The number of amides is 1. The molecule has 0 saturated carbocycles. The number of rotatable bonds is 4. The Hall–Kier alpha value is -2.89. The number of allylic oxidation sites excluding steroid dienone is 1. The molecule has 1 aromatic carbocycles. The number of carbonyl (C=O) groups is 1. The zero-order chi connectivity index (χ0) is 19.0. The normalized spacial score (nSPS) is 17.0. The van der Waals surface area contributed by atoms with Crippen LogP contribution in [0.1, 0.15) is 47.3 Å². The molecule has 1 aliphatic heterocycles. The van der Waals surface area contributed by atoms with Gasteiger partial charge in [-0.05, 0) is 43.5 Å². The average molecular weight is 366 g/mol. The molecule has 1 amide bonds. The molecule has 0 aliphatic carbocycles. The first kappa shape index (κ1) is 17.5. The van der Waals surface area contributed by atoms with Crippen molar-refractivity contribution in [1.29, 1.82) is 0 Å². The fourth-order valence-corrected chi connectivity index (χ4v) is 3.74. The van der Waals surface area contributed by atoms with Crippen LogP contribution in [0.5, 0.6) is 0 Å². The molecule has 1 unspecified atom stereocenters. The molecule has 27 heavy (non-hydrogen) atoms. The molecule has 0 saturated heterocycles. The second-order valence-corrected chi connectivity index (χ2v) is 7.06. The van der Waals surface area contributed by atoms with E-state index in [1.54, 1.807) is 4.90 Å². The minimum Gasteiger partial charge on any atom is -0.361 e. The van der Waals surface area contributed by atoms with Gasteiger partial charge in [0.05, 0.1) is 11.3 Å². The SMILES string of the molecule is CCCn1cc(C(=O)N2C=CC(c3c[nH]c4cc(F)ccc34)CC2)c(C)n1. The zero-order valence-corrected chi connectivity index (χ0v) is 15.6. The van der Waals surface area contributed by atoms with E-state index in [1.807, 2.05) is 36.3 Å². The van der Waals surface area contributed by atoms with Crippen LogP contribution in [0.25, 0.3) is 10.9 Å². The summed E-state index contributed by atoms with van der Waals surface area (Å²) in [6.45, 7) is 5.42. The Balaban J connectivity index is 1.53. The number of carbonyl (C=O) groups excluding carboxylic acids is 1. The first-order valence-corrected chi connectivity index (χ1v) is 9.36. The fourth-order valence-electron chi connectivity index (χ4n) is 3.74. The largest absolute Gasteiger partial charge is 0.361 e. The van der Waals surface area contributed by atoms with Gasteiger partial charge >= 0.3 is 0 Å². The summed E-state index contributed by atoms with van der Waals surface area (Å²) in [5.41, 5.74) is 3.37. The lowest BCUT2D eigenvalue weighted by Crippen LogP contribution is -2.30. The molecule has 0 fully saturated rings. The number of hydrogen-bond acceptors (Lipinski definition) is 2. The van der Waals surface area contributed by atoms with Gasteiger partial charge < -0.3 is 9.88 Å². The molecule has 5 nitrogen and oxygen atoms in total. The van der Waals surface area contributed by atoms with Crippen LogP contribution in [-0.4, -0.2) is 32.1 Å². The van der Waals surface area contributed by atoms with Gasteiger partial charge in [-0.2, -0.15) is 5.10 Å². The summed E-state index contributed by atoms with van der Waals surface area (Å²) in [6, 6.07) is 4.81. The summed E-state index contributed by atoms with van der Waals surface area (Å²) in [4.78, 5) is 17.8. The summed E-state index contributed by atoms with van der Waals surface area (Å²) in [5.74, 6) is -0.0476. The minimum atomic E-state index is -0.245. The van der Waals surface area contributed by atoms with Crippen molar-refractivity contribution in [1.82, 2.24) is 19.7 Å². The number of aryl methyl sites for hydroxylation is 2. The molecule has 1 N–H and O–H groups in total. The van der Waals surface area contributed by atoms with Gasteiger partial charge in [-0.1, -0.05) is 13.0 Å². The third kappa shape index (κ3) is 3.27. The van der Waals surface area contributed by atoms with E-state index < -0.39 is 0 Å².